The number of aryl methyl sites for hydroxylation is 1. The summed E-state index contributed by atoms with van der Waals surface area (Å²) >= 11 is 4.74. The number of amides is 1. The van der Waals surface area contributed by atoms with E-state index in [9.17, 15) is 4.79 Å². The van der Waals surface area contributed by atoms with Gasteiger partial charge < -0.3 is 9.73 Å². The Morgan fingerprint density at radius 1 is 1.40 bits per heavy atom. The van der Waals surface area contributed by atoms with Crippen LogP contribution in [0.1, 0.15) is 22.5 Å². The van der Waals surface area contributed by atoms with Gasteiger partial charge in [0.15, 0.2) is 11.5 Å². The number of thiophene rings is 1. The van der Waals surface area contributed by atoms with Crippen LogP contribution in [0.25, 0.3) is 11.1 Å². The number of aromatic nitrogens is 1. The van der Waals surface area contributed by atoms with E-state index in [-0.39, 0.29) is 5.91 Å². The number of carbonyl (C=O) groups excluding carboxylic acids is 1. The first-order valence-electron chi connectivity index (χ1n) is 6.12. The van der Waals surface area contributed by atoms with Gasteiger partial charge in [0.2, 0.25) is 0 Å². The molecule has 1 amide bonds. The summed E-state index contributed by atoms with van der Waals surface area (Å²) in [5, 5.41) is 2.86. The van der Waals surface area contributed by atoms with Crippen LogP contribution < -0.4 is 5.32 Å². The first-order chi connectivity index (χ1) is 9.65. The fraction of sp³-hybridized carbons (Fsp3) is 0.143. The van der Waals surface area contributed by atoms with Crippen LogP contribution in [-0.2, 0) is 6.42 Å². The highest BCUT2D eigenvalue weighted by Crippen LogP contribution is 2.24. The zero-order chi connectivity index (χ0) is 14.1. The fourth-order valence-corrected chi connectivity index (χ4v) is 3.11. The maximum atomic E-state index is 12.1. The molecule has 0 bridgehead atoms. The SMILES string of the molecule is CCc1nc2cc(NC(=O)c3ccc(Br)s3)ccc2o1. The van der Waals surface area contributed by atoms with Gasteiger partial charge in [0, 0.05) is 12.1 Å². The average molecular weight is 351 g/mol. The maximum absolute atomic E-state index is 12.1. The number of nitrogens with zero attached hydrogens (tertiary/aromatic N) is 1. The monoisotopic (exact) mass is 350 g/mol. The minimum absolute atomic E-state index is 0.126. The Morgan fingerprint density at radius 3 is 2.95 bits per heavy atom. The van der Waals surface area contributed by atoms with Gasteiger partial charge in [-0.25, -0.2) is 4.98 Å². The summed E-state index contributed by atoms with van der Waals surface area (Å²) in [6.07, 6.45) is 0.750. The van der Waals surface area contributed by atoms with Crippen molar-refractivity contribution >= 4 is 50.0 Å². The first-order valence-corrected chi connectivity index (χ1v) is 7.73. The molecule has 0 radical (unpaired) electrons. The van der Waals surface area contributed by atoms with Crippen molar-refractivity contribution in [2.45, 2.75) is 13.3 Å². The van der Waals surface area contributed by atoms with Crippen molar-refractivity contribution in [3.8, 4) is 0 Å². The quantitative estimate of drug-likeness (QED) is 0.758. The van der Waals surface area contributed by atoms with E-state index < -0.39 is 0 Å². The molecule has 102 valence electrons. The normalized spacial score (nSPS) is 10.9. The van der Waals surface area contributed by atoms with Crippen molar-refractivity contribution in [3.63, 3.8) is 0 Å². The lowest BCUT2D eigenvalue weighted by atomic mass is 10.3. The molecule has 0 saturated heterocycles. The van der Waals surface area contributed by atoms with Crippen LogP contribution in [0.3, 0.4) is 0 Å². The molecular weight excluding hydrogens is 340 g/mol. The van der Waals surface area contributed by atoms with Gasteiger partial charge in [-0.15, -0.1) is 11.3 Å². The molecule has 3 rings (SSSR count). The number of oxazole rings is 1. The summed E-state index contributed by atoms with van der Waals surface area (Å²) in [5.74, 6) is 0.574. The lowest BCUT2D eigenvalue weighted by molar-refractivity contribution is 0.103. The summed E-state index contributed by atoms with van der Waals surface area (Å²) in [7, 11) is 0. The zero-order valence-electron chi connectivity index (χ0n) is 10.6. The number of hydrogen-bond acceptors (Lipinski definition) is 4. The fourth-order valence-electron chi connectivity index (χ4n) is 1.83. The Morgan fingerprint density at radius 2 is 2.25 bits per heavy atom. The number of nitrogens with one attached hydrogen (secondary N) is 1. The number of anilines is 1. The largest absolute Gasteiger partial charge is 0.441 e. The predicted molar refractivity (Wildman–Crippen MR) is 83.4 cm³/mol. The molecule has 1 aromatic carbocycles. The summed E-state index contributed by atoms with van der Waals surface area (Å²) in [4.78, 5) is 17.1. The smallest absolute Gasteiger partial charge is 0.265 e. The summed E-state index contributed by atoms with van der Waals surface area (Å²) in [5.41, 5.74) is 2.20. The Bertz CT molecular complexity index is 778. The Labute approximate surface area is 127 Å². The topological polar surface area (TPSA) is 55.1 Å². The molecule has 0 aliphatic carbocycles. The minimum atomic E-state index is -0.126. The van der Waals surface area contributed by atoms with Crippen LogP contribution in [0.5, 0.6) is 0 Å². The standard InChI is InChI=1S/C14H11BrN2O2S/c1-2-13-17-9-7-8(3-4-10(9)19-13)16-14(18)11-5-6-12(15)20-11/h3-7H,2H2,1H3,(H,16,18). The van der Waals surface area contributed by atoms with E-state index in [1.165, 1.54) is 11.3 Å². The number of fused-ring (bicyclic) bond motifs is 1. The van der Waals surface area contributed by atoms with Crippen molar-refractivity contribution in [2.75, 3.05) is 5.32 Å². The number of hydrogen-bond donors (Lipinski definition) is 1. The van der Waals surface area contributed by atoms with E-state index >= 15 is 0 Å². The molecule has 0 spiro atoms. The highest BCUT2D eigenvalue weighted by molar-refractivity contribution is 9.11. The van der Waals surface area contributed by atoms with Crippen LogP contribution in [-0.4, -0.2) is 10.9 Å². The molecule has 0 unspecified atom stereocenters. The predicted octanol–water partition coefficient (Wildman–Crippen LogP) is 4.47. The number of halogens is 1. The van der Waals surface area contributed by atoms with Gasteiger partial charge in [-0.2, -0.15) is 0 Å². The van der Waals surface area contributed by atoms with Gasteiger partial charge in [-0.3, -0.25) is 4.79 Å². The van der Waals surface area contributed by atoms with Gasteiger partial charge in [0.05, 0.1) is 8.66 Å². The molecule has 6 heteroatoms. The third-order valence-electron chi connectivity index (χ3n) is 2.79. The number of rotatable bonds is 3. The third-order valence-corrected chi connectivity index (χ3v) is 4.41. The van der Waals surface area contributed by atoms with Crippen molar-refractivity contribution < 1.29 is 9.21 Å². The third kappa shape index (κ3) is 2.62. The lowest BCUT2D eigenvalue weighted by Gasteiger charge is -2.02. The van der Waals surface area contributed by atoms with Crippen molar-refractivity contribution in [1.29, 1.82) is 0 Å². The second kappa shape index (κ2) is 5.38. The van der Waals surface area contributed by atoms with E-state index in [4.69, 9.17) is 4.42 Å². The van der Waals surface area contributed by atoms with Crippen LogP contribution in [0, 0.1) is 0 Å². The van der Waals surface area contributed by atoms with E-state index in [1.807, 2.05) is 31.2 Å². The molecule has 2 heterocycles. The van der Waals surface area contributed by atoms with E-state index in [0.29, 0.717) is 16.5 Å². The molecule has 4 nitrogen and oxygen atoms in total. The van der Waals surface area contributed by atoms with E-state index in [1.54, 1.807) is 6.07 Å². The van der Waals surface area contributed by atoms with Gasteiger partial charge in [0.25, 0.3) is 5.91 Å². The lowest BCUT2D eigenvalue weighted by Crippen LogP contribution is -2.09. The molecule has 0 fully saturated rings. The molecular formula is C14H11BrN2O2S. The summed E-state index contributed by atoms with van der Waals surface area (Å²) in [6, 6.07) is 9.09. The highest BCUT2D eigenvalue weighted by Gasteiger charge is 2.10. The molecule has 0 saturated carbocycles. The van der Waals surface area contributed by atoms with Crippen LogP contribution in [0.4, 0.5) is 5.69 Å². The van der Waals surface area contributed by atoms with Gasteiger partial charge >= 0.3 is 0 Å². The molecule has 3 aromatic rings. The van der Waals surface area contributed by atoms with E-state index in [2.05, 4.69) is 26.2 Å². The zero-order valence-corrected chi connectivity index (χ0v) is 13.0. The second-order valence-electron chi connectivity index (χ2n) is 4.20. The molecule has 0 aliphatic rings. The molecule has 0 aliphatic heterocycles. The van der Waals surface area contributed by atoms with Crippen molar-refractivity contribution in [1.82, 2.24) is 4.98 Å². The van der Waals surface area contributed by atoms with Crippen molar-refractivity contribution in [3.05, 3.63) is 44.9 Å². The minimum Gasteiger partial charge on any atom is -0.441 e. The van der Waals surface area contributed by atoms with Crippen molar-refractivity contribution in [2.24, 2.45) is 0 Å². The molecule has 1 N–H and O–H groups in total. The van der Waals surface area contributed by atoms with Crippen LogP contribution >= 0.6 is 27.3 Å². The highest BCUT2D eigenvalue weighted by atomic mass is 79.9. The Hall–Kier alpha value is -1.66. The molecule has 2 aromatic heterocycles. The first kappa shape index (κ1) is 13.3. The van der Waals surface area contributed by atoms with Crippen LogP contribution in [0.15, 0.2) is 38.5 Å². The Kier molecular flexibility index (Phi) is 3.58. The van der Waals surface area contributed by atoms with Gasteiger partial charge in [-0.1, -0.05) is 6.92 Å². The summed E-state index contributed by atoms with van der Waals surface area (Å²) < 4.78 is 6.47. The Balaban J connectivity index is 1.85. The number of benzene rings is 1. The molecule has 20 heavy (non-hydrogen) atoms. The summed E-state index contributed by atoms with van der Waals surface area (Å²) in [6.45, 7) is 1.99. The average Bonchev–Trinajstić information content (AvgIpc) is 3.03. The van der Waals surface area contributed by atoms with Gasteiger partial charge in [-0.05, 0) is 46.3 Å². The second-order valence-corrected chi connectivity index (χ2v) is 6.66. The molecule has 0 atom stereocenters. The van der Waals surface area contributed by atoms with E-state index in [0.717, 1.165) is 21.3 Å². The van der Waals surface area contributed by atoms with Gasteiger partial charge in [0.1, 0.15) is 5.52 Å². The van der Waals surface area contributed by atoms with Crippen LogP contribution in [0.2, 0.25) is 0 Å². The number of carbonyl (C=O) groups is 1. The maximum Gasteiger partial charge on any atom is 0.265 e.